The second-order valence-corrected chi connectivity index (χ2v) is 6.75. The fourth-order valence-corrected chi connectivity index (χ4v) is 3.16. The van der Waals surface area contributed by atoms with Gasteiger partial charge in [0.25, 0.3) is 0 Å². The number of rotatable bonds is 6. The first-order chi connectivity index (χ1) is 12.6. The molecule has 0 bridgehead atoms. The van der Waals surface area contributed by atoms with Crippen LogP contribution >= 0.6 is 11.6 Å². The highest BCUT2D eigenvalue weighted by molar-refractivity contribution is 6.32. The quantitative estimate of drug-likeness (QED) is 0.844. The molecule has 0 saturated carbocycles. The Morgan fingerprint density at radius 1 is 1.04 bits per heavy atom. The molecule has 5 nitrogen and oxygen atoms in total. The third kappa shape index (κ3) is 5.13. The SMILES string of the molecule is O=C(Cc1ccc(O)cc1)N1CCN(CCOc2ccccc2Cl)CC1. The Bertz CT molecular complexity index is 728. The van der Waals surface area contributed by atoms with Crippen molar-refractivity contribution < 1.29 is 14.6 Å². The molecule has 0 aliphatic carbocycles. The van der Waals surface area contributed by atoms with Crippen molar-refractivity contribution in [3.8, 4) is 11.5 Å². The molecule has 6 heteroatoms. The minimum absolute atomic E-state index is 0.127. The molecule has 1 fully saturated rings. The molecule has 0 radical (unpaired) electrons. The molecule has 138 valence electrons. The minimum atomic E-state index is 0.127. The van der Waals surface area contributed by atoms with E-state index in [0.717, 1.165) is 38.3 Å². The van der Waals surface area contributed by atoms with Gasteiger partial charge in [0.15, 0.2) is 0 Å². The number of hydrogen-bond donors (Lipinski definition) is 1. The largest absolute Gasteiger partial charge is 0.508 e. The lowest BCUT2D eigenvalue weighted by Crippen LogP contribution is -2.49. The number of halogens is 1. The van der Waals surface area contributed by atoms with Gasteiger partial charge in [-0.25, -0.2) is 0 Å². The van der Waals surface area contributed by atoms with Crippen LogP contribution in [-0.4, -0.2) is 60.1 Å². The molecule has 3 rings (SSSR count). The predicted octanol–water partition coefficient (Wildman–Crippen LogP) is 2.81. The lowest BCUT2D eigenvalue weighted by atomic mass is 10.1. The van der Waals surface area contributed by atoms with Gasteiger partial charge in [-0.1, -0.05) is 35.9 Å². The summed E-state index contributed by atoms with van der Waals surface area (Å²) in [5.41, 5.74) is 0.920. The zero-order valence-electron chi connectivity index (χ0n) is 14.6. The van der Waals surface area contributed by atoms with Gasteiger partial charge in [0.1, 0.15) is 18.1 Å². The Morgan fingerprint density at radius 3 is 2.42 bits per heavy atom. The van der Waals surface area contributed by atoms with E-state index in [0.29, 0.717) is 23.8 Å². The fourth-order valence-electron chi connectivity index (χ4n) is 2.97. The summed E-state index contributed by atoms with van der Waals surface area (Å²) < 4.78 is 5.73. The Hall–Kier alpha value is -2.24. The maximum absolute atomic E-state index is 12.4. The third-order valence-electron chi connectivity index (χ3n) is 4.52. The second kappa shape index (κ2) is 8.92. The highest BCUT2D eigenvalue weighted by Gasteiger charge is 2.21. The Balaban J connectivity index is 1.39. The minimum Gasteiger partial charge on any atom is -0.508 e. The van der Waals surface area contributed by atoms with Crippen molar-refractivity contribution in [2.75, 3.05) is 39.3 Å². The number of piperazine rings is 1. The van der Waals surface area contributed by atoms with E-state index in [1.807, 2.05) is 29.2 Å². The molecule has 1 aliphatic heterocycles. The first-order valence-electron chi connectivity index (χ1n) is 8.77. The van der Waals surface area contributed by atoms with Gasteiger partial charge in [-0.05, 0) is 29.8 Å². The van der Waals surface area contributed by atoms with Crippen LogP contribution in [0.5, 0.6) is 11.5 Å². The van der Waals surface area contributed by atoms with Crippen molar-refractivity contribution in [2.45, 2.75) is 6.42 Å². The topological polar surface area (TPSA) is 53.0 Å². The van der Waals surface area contributed by atoms with Gasteiger partial charge in [0.05, 0.1) is 11.4 Å². The maximum atomic E-state index is 12.4. The average molecular weight is 375 g/mol. The van der Waals surface area contributed by atoms with Crippen molar-refractivity contribution in [3.63, 3.8) is 0 Å². The normalized spacial score (nSPS) is 15.0. The third-order valence-corrected chi connectivity index (χ3v) is 4.83. The molecule has 1 heterocycles. The monoisotopic (exact) mass is 374 g/mol. The van der Waals surface area contributed by atoms with Gasteiger partial charge < -0.3 is 14.7 Å². The van der Waals surface area contributed by atoms with Crippen LogP contribution in [0.15, 0.2) is 48.5 Å². The van der Waals surface area contributed by atoms with E-state index in [2.05, 4.69) is 4.90 Å². The molecular weight excluding hydrogens is 352 g/mol. The number of carbonyl (C=O) groups is 1. The summed E-state index contributed by atoms with van der Waals surface area (Å²) in [4.78, 5) is 16.6. The van der Waals surface area contributed by atoms with Crippen LogP contribution < -0.4 is 4.74 Å². The van der Waals surface area contributed by atoms with E-state index in [9.17, 15) is 9.90 Å². The number of hydrogen-bond acceptors (Lipinski definition) is 4. The van der Waals surface area contributed by atoms with Gasteiger partial charge >= 0.3 is 0 Å². The zero-order valence-corrected chi connectivity index (χ0v) is 15.4. The molecular formula is C20H23ClN2O3. The van der Waals surface area contributed by atoms with E-state index in [1.54, 1.807) is 24.3 Å². The van der Waals surface area contributed by atoms with Gasteiger partial charge in [-0.15, -0.1) is 0 Å². The fraction of sp³-hybridized carbons (Fsp3) is 0.350. The van der Waals surface area contributed by atoms with E-state index < -0.39 is 0 Å². The molecule has 1 saturated heterocycles. The highest BCUT2D eigenvalue weighted by Crippen LogP contribution is 2.23. The summed E-state index contributed by atoms with van der Waals surface area (Å²) in [7, 11) is 0. The number of ether oxygens (including phenoxy) is 1. The molecule has 0 unspecified atom stereocenters. The first-order valence-corrected chi connectivity index (χ1v) is 9.15. The van der Waals surface area contributed by atoms with Gasteiger partial charge in [-0.3, -0.25) is 9.69 Å². The van der Waals surface area contributed by atoms with Crippen LogP contribution in [-0.2, 0) is 11.2 Å². The number of benzene rings is 2. The second-order valence-electron chi connectivity index (χ2n) is 6.34. The molecule has 0 spiro atoms. The lowest BCUT2D eigenvalue weighted by molar-refractivity contribution is -0.132. The summed E-state index contributed by atoms with van der Waals surface area (Å²) in [5, 5.41) is 9.93. The molecule has 1 aliphatic rings. The first kappa shape index (κ1) is 18.5. The van der Waals surface area contributed by atoms with Crippen LogP contribution in [0.2, 0.25) is 5.02 Å². The summed E-state index contributed by atoms with van der Waals surface area (Å²) in [6.45, 7) is 4.52. The van der Waals surface area contributed by atoms with Crippen molar-refractivity contribution in [1.82, 2.24) is 9.80 Å². The molecule has 0 aromatic heterocycles. The number of para-hydroxylation sites is 1. The van der Waals surface area contributed by atoms with Crippen molar-refractivity contribution in [1.29, 1.82) is 0 Å². The van der Waals surface area contributed by atoms with Crippen molar-refractivity contribution >= 4 is 17.5 Å². The number of carbonyl (C=O) groups excluding carboxylic acids is 1. The van der Waals surface area contributed by atoms with Crippen LogP contribution in [0, 0.1) is 0 Å². The molecule has 2 aromatic carbocycles. The Morgan fingerprint density at radius 2 is 1.73 bits per heavy atom. The number of phenolic OH excluding ortho intramolecular Hbond substituents is 1. The molecule has 1 amide bonds. The van der Waals surface area contributed by atoms with Crippen molar-refractivity contribution in [2.24, 2.45) is 0 Å². The summed E-state index contributed by atoms with van der Waals surface area (Å²) >= 11 is 6.08. The summed E-state index contributed by atoms with van der Waals surface area (Å²) in [6.07, 6.45) is 0.371. The van der Waals surface area contributed by atoms with Crippen LogP contribution in [0.1, 0.15) is 5.56 Å². The van der Waals surface area contributed by atoms with E-state index in [4.69, 9.17) is 16.3 Å². The molecule has 2 aromatic rings. The van der Waals surface area contributed by atoms with E-state index in [1.165, 1.54) is 0 Å². The number of nitrogens with zero attached hydrogens (tertiary/aromatic N) is 2. The highest BCUT2D eigenvalue weighted by atomic mass is 35.5. The average Bonchev–Trinajstić information content (AvgIpc) is 2.66. The van der Waals surface area contributed by atoms with Crippen LogP contribution in [0.25, 0.3) is 0 Å². The van der Waals surface area contributed by atoms with E-state index >= 15 is 0 Å². The summed E-state index contributed by atoms with van der Waals surface area (Å²) in [5.74, 6) is 1.05. The maximum Gasteiger partial charge on any atom is 0.227 e. The van der Waals surface area contributed by atoms with Crippen LogP contribution in [0.4, 0.5) is 0 Å². The van der Waals surface area contributed by atoms with E-state index in [-0.39, 0.29) is 11.7 Å². The molecule has 26 heavy (non-hydrogen) atoms. The van der Waals surface area contributed by atoms with Gasteiger partial charge in [-0.2, -0.15) is 0 Å². The number of aromatic hydroxyl groups is 1. The molecule has 1 N–H and O–H groups in total. The van der Waals surface area contributed by atoms with Crippen LogP contribution in [0.3, 0.4) is 0 Å². The zero-order chi connectivity index (χ0) is 18.4. The number of amides is 1. The van der Waals surface area contributed by atoms with Gasteiger partial charge in [0, 0.05) is 32.7 Å². The lowest BCUT2D eigenvalue weighted by Gasteiger charge is -2.34. The van der Waals surface area contributed by atoms with Gasteiger partial charge in [0.2, 0.25) is 5.91 Å². The molecule has 0 atom stereocenters. The number of phenols is 1. The smallest absolute Gasteiger partial charge is 0.227 e. The predicted molar refractivity (Wildman–Crippen MR) is 102 cm³/mol. The summed E-state index contributed by atoms with van der Waals surface area (Å²) in [6, 6.07) is 14.3. The standard InChI is InChI=1S/C20H23ClN2O3/c21-18-3-1-2-4-19(18)26-14-13-22-9-11-23(12-10-22)20(25)15-16-5-7-17(24)8-6-16/h1-8,24H,9-15H2. The van der Waals surface area contributed by atoms with Crippen molar-refractivity contribution in [3.05, 3.63) is 59.1 Å². The Labute approximate surface area is 158 Å². The Kier molecular flexibility index (Phi) is 6.36.